The third-order valence-electron chi connectivity index (χ3n) is 4.94. The highest BCUT2D eigenvalue weighted by molar-refractivity contribution is 7.90. The maximum atomic E-state index is 12.6. The standard InChI is InChI=1S/C19H25N3O5S/c1-3-13(2)20-18(23)12-27-19(24)14-8-9-15-16(11-14)28(25,26)21-17-7-5-4-6-10-22(15)17/h8-9,11,13H,3-7,10,12H2,1-2H3,(H,20,23)/t13-/m0/s1. The Balaban J connectivity index is 1.78. The lowest BCUT2D eigenvalue weighted by Crippen LogP contribution is -2.36. The molecule has 2 aliphatic rings. The number of amidine groups is 1. The molecule has 3 rings (SSSR count). The van der Waals surface area contributed by atoms with Gasteiger partial charge < -0.3 is 15.0 Å². The van der Waals surface area contributed by atoms with Crippen molar-refractivity contribution in [1.82, 2.24) is 5.32 Å². The molecule has 9 heteroatoms. The second-order valence-electron chi connectivity index (χ2n) is 7.08. The normalized spacial score (nSPS) is 18.8. The minimum atomic E-state index is -3.88. The van der Waals surface area contributed by atoms with Gasteiger partial charge in [-0.15, -0.1) is 4.40 Å². The zero-order valence-electron chi connectivity index (χ0n) is 16.1. The van der Waals surface area contributed by atoms with Gasteiger partial charge in [0.2, 0.25) is 0 Å². The van der Waals surface area contributed by atoms with Crippen LogP contribution in [0.25, 0.3) is 0 Å². The molecule has 0 aliphatic carbocycles. The summed E-state index contributed by atoms with van der Waals surface area (Å²) in [7, 11) is -3.88. The summed E-state index contributed by atoms with van der Waals surface area (Å²) in [4.78, 5) is 26.0. The number of hydrogen-bond donors (Lipinski definition) is 1. The summed E-state index contributed by atoms with van der Waals surface area (Å²) in [5, 5.41) is 2.70. The zero-order valence-corrected chi connectivity index (χ0v) is 16.9. The molecule has 2 heterocycles. The summed E-state index contributed by atoms with van der Waals surface area (Å²) in [5.41, 5.74) is 0.616. The summed E-state index contributed by atoms with van der Waals surface area (Å²) >= 11 is 0. The molecule has 0 spiro atoms. The molecule has 1 N–H and O–H groups in total. The fourth-order valence-electron chi connectivity index (χ4n) is 3.24. The van der Waals surface area contributed by atoms with Crippen LogP contribution in [0.2, 0.25) is 0 Å². The van der Waals surface area contributed by atoms with Crippen LogP contribution in [0.4, 0.5) is 5.69 Å². The molecule has 1 saturated heterocycles. The fraction of sp³-hybridized carbons (Fsp3) is 0.526. The van der Waals surface area contributed by atoms with E-state index < -0.39 is 28.5 Å². The quantitative estimate of drug-likeness (QED) is 0.751. The highest BCUT2D eigenvalue weighted by Gasteiger charge is 2.32. The van der Waals surface area contributed by atoms with E-state index in [2.05, 4.69) is 9.71 Å². The van der Waals surface area contributed by atoms with E-state index in [1.807, 2.05) is 18.7 Å². The molecule has 1 amide bonds. The minimum Gasteiger partial charge on any atom is -0.452 e. The summed E-state index contributed by atoms with van der Waals surface area (Å²) in [6.07, 6.45) is 4.26. The summed E-state index contributed by atoms with van der Waals surface area (Å²) in [5.74, 6) is -0.586. The second-order valence-corrected chi connectivity index (χ2v) is 8.65. The Bertz CT molecular complexity index is 910. The van der Waals surface area contributed by atoms with Gasteiger partial charge in [-0.2, -0.15) is 8.42 Å². The van der Waals surface area contributed by atoms with Crippen LogP contribution in [-0.2, 0) is 19.6 Å². The maximum absolute atomic E-state index is 12.6. The highest BCUT2D eigenvalue weighted by Crippen LogP contribution is 2.35. The molecule has 1 atom stereocenters. The number of nitrogens with zero attached hydrogens (tertiary/aromatic N) is 2. The Hall–Kier alpha value is -2.42. The van der Waals surface area contributed by atoms with Crippen LogP contribution in [0.3, 0.4) is 0 Å². The molecule has 28 heavy (non-hydrogen) atoms. The maximum Gasteiger partial charge on any atom is 0.338 e. The van der Waals surface area contributed by atoms with Gasteiger partial charge >= 0.3 is 5.97 Å². The molecule has 0 aromatic heterocycles. The molecular formula is C19H25N3O5S. The van der Waals surface area contributed by atoms with Gasteiger partial charge in [-0.25, -0.2) is 4.79 Å². The first-order valence-electron chi connectivity index (χ1n) is 9.53. The topological polar surface area (TPSA) is 105 Å². The van der Waals surface area contributed by atoms with Crippen LogP contribution in [0, 0.1) is 0 Å². The van der Waals surface area contributed by atoms with Crippen molar-refractivity contribution in [3.8, 4) is 0 Å². The number of ether oxygens (including phenoxy) is 1. The lowest BCUT2D eigenvalue weighted by Gasteiger charge is -2.29. The molecule has 152 valence electrons. The Labute approximate surface area is 165 Å². The third kappa shape index (κ3) is 4.35. The van der Waals surface area contributed by atoms with E-state index in [-0.39, 0.29) is 16.5 Å². The average Bonchev–Trinajstić information content (AvgIpc) is 2.90. The largest absolute Gasteiger partial charge is 0.452 e. The van der Waals surface area contributed by atoms with Crippen molar-refractivity contribution in [2.24, 2.45) is 4.40 Å². The number of fused-ring (bicyclic) bond motifs is 3. The van der Waals surface area contributed by atoms with Gasteiger partial charge in [-0.1, -0.05) is 13.3 Å². The summed E-state index contributed by atoms with van der Waals surface area (Å²) in [6, 6.07) is 4.41. The van der Waals surface area contributed by atoms with E-state index in [0.717, 1.165) is 25.7 Å². The molecular weight excluding hydrogens is 382 g/mol. The zero-order chi connectivity index (χ0) is 20.3. The van der Waals surface area contributed by atoms with Crippen molar-refractivity contribution in [3.05, 3.63) is 23.8 Å². The van der Waals surface area contributed by atoms with Gasteiger partial charge in [0.25, 0.3) is 15.9 Å². The number of hydrogen-bond acceptors (Lipinski definition) is 6. The van der Waals surface area contributed by atoms with E-state index in [1.54, 1.807) is 6.07 Å². The number of amides is 1. The van der Waals surface area contributed by atoms with Crippen molar-refractivity contribution in [2.75, 3.05) is 18.1 Å². The highest BCUT2D eigenvalue weighted by atomic mass is 32.2. The van der Waals surface area contributed by atoms with Gasteiger partial charge in [0.05, 0.1) is 11.3 Å². The van der Waals surface area contributed by atoms with Gasteiger partial charge in [0, 0.05) is 19.0 Å². The monoisotopic (exact) mass is 407 g/mol. The van der Waals surface area contributed by atoms with Crippen LogP contribution < -0.4 is 10.2 Å². The number of esters is 1. The van der Waals surface area contributed by atoms with Crippen LogP contribution >= 0.6 is 0 Å². The third-order valence-corrected chi connectivity index (χ3v) is 6.27. The molecule has 0 saturated carbocycles. The van der Waals surface area contributed by atoms with Gasteiger partial charge in [0.1, 0.15) is 10.7 Å². The lowest BCUT2D eigenvalue weighted by molar-refractivity contribution is -0.124. The SMILES string of the molecule is CC[C@H](C)NC(=O)COC(=O)c1ccc2c(c1)S(=O)(=O)N=C1CCCCCN12. The first kappa shape index (κ1) is 20.3. The predicted molar refractivity (Wildman–Crippen MR) is 105 cm³/mol. The Morgan fingerprint density at radius 2 is 2.07 bits per heavy atom. The molecule has 8 nitrogen and oxygen atoms in total. The van der Waals surface area contributed by atoms with Crippen LogP contribution in [0.15, 0.2) is 27.5 Å². The molecule has 1 fully saturated rings. The van der Waals surface area contributed by atoms with Gasteiger partial charge in [-0.3, -0.25) is 4.79 Å². The average molecular weight is 407 g/mol. The van der Waals surface area contributed by atoms with Crippen LogP contribution in [0.5, 0.6) is 0 Å². The Kier molecular flexibility index (Phi) is 6.02. The first-order chi connectivity index (χ1) is 13.3. The minimum absolute atomic E-state index is 0.00310. The fourth-order valence-corrected chi connectivity index (χ4v) is 4.52. The van der Waals surface area contributed by atoms with Crippen molar-refractivity contribution in [3.63, 3.8) is 0 Å². The smallest absolute Gasteiger partial charge is 0.338 e. The number of rotatable bonds is 5. The van der Waals surface area contributed by atoms with Crippen LogP contribution in [0.1, 0.15) is 56.3 Å². The van der Waals surface area contributed by atoms with Crippen molar-refractivity contribution in [2.45, 2.75) is 56.9 Å². The molecule has 0 bridgehead atoms. The Morgan fingerprint density at radius 1 is 1.29 bits per heavy atom. The van der Waals surface area contributed by atoms with Gasteiger partial charge in [-0.05, 0) is 44.4 Å². The van der Waals surface area contributed by atoms with Crippen LogP contribution in [-0.4, -0.2) is 45.3 Å². The predicted octanol–water partition coefficient (Wildman–Crippen LogP) is 2.24. The van der Waals surface area contributed by atoms with E-state index in [1.165, 1.54) is 12.1 Å². The van der Waals surface area contributed by atoms with Crippen molar-refractivity contribution >= 4 is 33.4 Å². The number of carbonyl (C=O) groups excluding carboxylic acids is 2. The molecule has 2 aliphatic heterocycles. The molecule has 1 aromatic rings. The lowest BCUT2D eigenvalue weighted by atomic mass is 10.2. The number of nitrogens with one attached hydrogen (secondary N) is 1. The van der Waals surface area contributed by atoms with E-state index in [4.69, 9.17) is 4.74 Å². The number of carbonyl (C=O) groups is 2. The van der Waals surface area contributed by atoms with E-state index in [0.29, 0.717) is 24.5 Å². The molecule has 0 unspecified atom stereocenters. The van der Waals surface area contributed by atoms with E-state index >= 15 is 0 Å². The summed E-state index contributed by atoms with van der Waals surface area (Å²) < 4.78 is 34.2. The van der Waals surface area contributed by atoms with Crippen molar-refractivity contribution < 1.29 is 22.7 Å². The Morgan fingerprint density at radius 3 is 2.82 bits per heavy atom. The number of anilines is 1. The molecule has 0 radical (unpaired) electrons. The van der Waals surface area contributed by atoms with Crippen molar-refractivity contribution in [1.29, 1.82) is 0 Å². The summed E-state index contributed by atoms with van der Waals surface area (Å²) in [6.45, 7) is 4.07. The van der Waals surface area contributed by atoms with E-state index in [9.17, 15) is 18.0 Å². The second kappa shape index (κ2) is 8.30. The first-order valence-corrected chi connectivity index (χ1v) is 11.0. The van der Waals surface area contributed by atoms with Gasteiger partial charge in [0.15, 0.2) is 6.61 Å². The number of sulfonamides is 1. The number of benzene rings is 1. The molecule has 1 aromatic carbocycles.